The number of nitrogens with zero attached hydrogens (tertiary/aromatic N) is 1. The van der Waals surface area contributed by atoms with Crippen LogP contribution in [0, 0.1) is 0 Å². The summed E-state index contributed by atoms with van der Waals surface area (Å²) in [6.45, 7) is 3.76. The van der Waals surface area contributed by atoms with E-state index in [-0.39, 0.29) is 23.0 Å². The van der Waals surface area contributed by atoms with Crippen molar-refractivity contribution in [3.8, 4) is 0 Å². The fraction of sp³-hybridized carbons (Fsp3) is 0.250. The number of carbonyl (C=O) groups excluding carboxylic acids is 3. The molecule has 8 nitrogen and oxygen atoms in total. The van der Waals surface area contributed by atoms with Crippen LogP contribution in [0.4, 0.5) is 11.4 Å². The molecule has 0 saturated heterocycles. The number of benzene rings is 3. The van der Waals surface area contributed by atoms with Crippen molar-refractivity contribution in [2.24, 2.45) is 0 Å². The van der Waals surface area contributed by atoms with Crippen LogP contribution in [-0.2, 0) is 32.5 Å². The summed E-state index contributed by atoms with van der Waals surface area (Å²) in [4.78, 5) is 38.7. The molecule has 4 rings (SSSR count). The van der Waals surface area contributed by atoms with Crippen LogP contribution >= 0.6 is 0 Å². The van der Waals surface area contributed by atoms with Crippen molar-refractivity contribution >= 4 is 39.0 Å². The van der Waals surface area contributed by atoms with E-state index >= 15 is 0 Å². The Morgan fingerprint density at radius 3 is 2.32 bits per heavy atom. The van der Waals surface area contributed by atoms with E-state index in [1.807, 2.05) is 30.3 Å². The molecule has 1 heterocycles. The van der Waals surface area contributed by atoms with Crippen LogP contribution in [0.3, 0.4) is 0 Å². The standard InChI is InChI=1S/C28H29N3O5S/c1-3-27(33)31-16-15-22-18-24(13-14-26(22)31)37(35,36)30-25(17-20-7-5-4-6-8-20)28(34)29-23-11-9-21(10-12-23)19(2)32/h4-14,18,25,30H,3,15-17H2,1-2H3,(H,29,34)/t25-/m1/s1. The van der Waals surface area contributed by atoms with Crippen molar-refractivity contribution in [2.75, 3.05) is 16.8 Å². The Morgan fingerprint density at radius 2 is 1.68 bits per heavy atom. The zero-order chi connectivity index (χ0) is 26.6. The van der Waals surface area contributed by atoms with Crippen LogP contribution in [0.25, 0.3) is 0 Å². The molecule has 0 unspecified atom stereocenters. The van der Waals surface area contributed by atoms with Crippen LogP contribution in [-0.4, -0.2) is 38.6 Å². The minimum atomic E-state index is -4.06. The Labute approximate surface area is 216 Å². The molecule has 0 fully saturated rings. The number of nitrogens with one attached hydrogen (secondary N) is 2. The van der Waals surface area contributed by atoms with Crippen LogP contribution in [0.15, 0.2) is 77.7 Å². The van der Waals surface area contributed by atoms with Crippen molar-refractivity contribution in [3.63, 3.8) is 0 Å². The van der Waals surface area contributed by atoms with Gasteiger partial charge in [0, 0.05) is 29.9 Å². The molecule has 9 heteroatoms. The highest BCUT2D eigenvalue weighted by molar-refractivity contribution is 7.89. The van der Waals surface area contributed by atoms with Gasteiger partial charge in [0.05, 0.1) is 4.90 Å². The second-order valence-corrected chi connectivity index (χ2v) is 10.6. The summed E-state index contributed by atoms with van der Waals surface area (Å²) in [6, 6.07) is 19.1. The molecule has 3 aromatic carbocycles. The molecule has 0 radical (unpaired) electrons. The van der Waals surface area contributed by atoms with Crippen molar-refractivity contribution < 1.29 is 22.8 Å². The summed E-state index contributed by atoms with van der Waals surface area (Å²) in [5, 5.41) is 2.75. The average Bonchev–Trinajstić information content (AvgIpc) is 3.32. The predicted molar refractivity (Wildman–Crippen MR) is 142 cm³/mol. The van der Waals surface area contributed by atoms with Gasteiger partial charge in [0.2, 0.25) is 21.8 Å². The molecule has 1 aliphatic rings. The van der Waals surface area contributed by atoms with Gasteiger partial charge in [-0.15, -0.1) is 0 Å². The fourth-order valence-corrected chi connectivity index (χ4v) is 5.55. The molecule has 0 aliphatic carbocycles. The lowest BCUT2D eigenvalue weighted by atomic mass is 10.1. The maximum atomic E-state index is 13.4. The average molecular weight is 520 g/mol. The maximum absolute atomic E-state index is 13.4. The molecule has 0 aromatic heterocycles. The zero-order valence-electron chi connectivity index (χ0n) is 20.7. The largest absolute Gasteiger partial charge is 0.325 e. The van der Waals surface area contributed by atoms with Crippen LogP contribution < -0.4 is 14.9 Å². The Morgan fingerprint density at radius 1 is 0.973 bits per heavy atom. The number of ketones is 1. The summed E-state index contributed by atoms with van der Waals surface area (Å²) >= 11 is 0. The number of rotatable bonds is 9. The van der Waals surface area contributed by atoms with E-state index in [9.17, 15) is 22.8 Å². The third-order valence-corrected chi connectivity index (χ3v) is 7.79. The van der Waals surface area contributed by atoms with Gasteiger partial charge in [-0.3, -0.25) is 14.4 Å². The van der Waals surface area contributed by atoms with Gasteiger partial charge in [-0.1, -0.05) is 37.3 Å². The van der Waals surface area contributed by atoms with Crippen LogP contribution in [0.1, 0.15) is 41.8 Å². The van der Waals surface area contributed by atoms with Gasteiger partial charge in [0.15, 0.2) is 5.78 Å². The molecule has 37 heavy (non-hydrogen) atoms. The fourth-order valence-electron chi connectivity index (χ4n) is 4.31. The summed E-state index contributed by atoms with van der Waals surface area (Å²) < 4.78 is 29.3. The highest BCUT2D eigenvalue weighted by atomic mass is 32.2. The lowest BCUT2D eigenvalue weighted by Crippen LogP contribution is -2.45. The van der Waals surface area contributed by atoms with E-state index in [0.717, 1.165) is 16.8 Å². The van der Waals surface area contributed by atoms with Gasteiger partial charge in [0.25, 0.3) is 0 Å². The molecule has 0 bridgehead atoms. The van der Waals surface area contributed by atoms with Crippen molar-refractivity contribution in [1.29, 1.82) is 0 Å². The van der Waals surface area contributed by atoms with Gasteiger partial charge in [-0.05, 0) is 73.4 Å². The van der Waals surface area contributed by atoms with E-state index in [1.165, 1.54) is 13.0 Å². The Bertz CT molecular complexity index is 1420. The van der Waals surface area contributed by atoms with E-state index in [0.29, 0.717) is 30.6 Å². The molecule has 0 saturated carbocycles. The van der Waals surface area contributed by atoms with Crippen molar-refractivity contribution in [2.45, 2.75) is 44.0 Å². The van der Waals surface area contributed by atoms with Gasteiger partial charge < -0.3 is 10.2 Å². The number of sulfonamides is 1. The molecule has 2 N–H and O–H groups in total. The SMILES string of the molecule is CCC(=O)N1CCc2cc(S(=O)(=O)N[C@H](Cc3ccccc3)C(=O)Nc3ccc(C(C)=O)cc3)ccc21. The maximum Gasteiger partial charge on any atom is 0.242 e. The first-order chi connectivity index (χ1) is 17.7. The number of carbonyl (C=O) groups is 3. The predicted octanol–water partition coefficient (Wildman–Crippen LogP) is 3.72. The van der Waals surface area contributed by atoms with E-state index in [1.54, 1.807) is 48.2 Å². The lowest BCUT2D eigenvalue weighted by Gasteiger charge is -2.20. The van der Waals surface area contributed by atoms with Crippen LogP contribution in [0.5, 0.6) is 0 Å². The van der Waals surface area contributed by atoms with E-state index in [4.69, 9.17) is 0 Å². The molecular weight excluding hydrogens is 490 g/mol. The molecule has 0 spiro atoms. The normalized spacial score (nSPS) is 13.6. The van der Waals surface area contributed by atoms with E-state index in [2.05, 4.69) is 10.0 Å². The highest BCUT2D eigenvalue weighted by Gasteiger charge is 2.29. The molecular formula is C28H29N3O5S. The molecule has 1 aliphatic heterocycles. The van der Waals surface area contributed by atoms with E-state index < -0.39 is 22.0 Å². The monoisotopic (exact) mass is 519 g/mol. The van der Waals surface area contributed by atoms with Gasteiger partial charge in [0.1, 0.15) is 6.04 Å². The minimum Gasteiger partial charge on any atom is -0.325 e. The smallest absolute Gasteiger partial charge is 0.242 e. The van der Waals surface area contributed by atoms with Gasteiger partial charge in [-0.2, -0.15) is 4.72 Å². The number of amides is 2. The summed E-state index contributed by atoms with van der Waals surface area (Å²) in [5.41, 5.74) is 3.25. The highest BCUT2D eigenvalue weighted by Crippen LogP contribution is 2.30. The minimum absolute atomic E-state index is 0.0107. The first-order valence-electron chi connectivity index (χ1n) is 12.1. The third-order valence-electron chi connectivity index (χ3n) is 6.32. The summed E-state index contributed by atoms with van der Waals surface area (Å²) in [6.07, 6.45) is 1.07. The number of hydrogen-bond donors (Lipinski definition) is 2. The molecule has 2 amide bonds. The van der Waals surface area contributed by atoms with Crippen molar-refractivity contribution in [1.82, 2.24) is 4.72 Å². The zero-order valence-corrected chi connectivity index (χ0v) is 21.5. The Balaban J connectivity index is 1.57. The third kappa shape index (κ3) is 6.12. The van der Waals surface area contributed by atoms with Gasteiger partial charge in [-0.25, -0.2) is 8.42 Å². The quantitative estimate of drug-likeness (QED) is 0.419. The first-order valence-corrected chi connectivity index (χ1v) is 13.6. The number of hydrogen-bond acceptors (Lipinski definition) is 5. The summed E-state index contributed by atoms with van der Waals surface area (Å²) in [5.74, 6) is -0.628. The van der Waals surface area contributed by atoms with Gasteiger partial charge >= 0.3 is 0 Å². The number of Topliss-reactive ketones (excluding diaryl/α,β-unsaturated/α-hetero) is 1. The topological polar surface area (TPSA) is 113 Å². The Kier molecular flexibility index (Phi) is 7.85. The first kappa shape index (κ1) is 26.2. The van der Waals surface area contributed by atoms with Crippen molar-refractivity contribution in [3.05, 3.63) is 89.5 Å². The summed E-state index contributed by atoms with van der Waals surface area (Å²) in [7, 11) is -4.06. The molecule has 3 aromatic rings. The Hall–Kier alpha value is -3.82. The molecule has 192 valence electrons. The lowest BCUT2D eigenvalue weighted by molar-refractivity contribution is -0.118. The van der Waals surface area contributed by atoms with Crippen LogP contribution in [0.2, 0.25) is 0 Å². The second-order valence-electron chi connectivity index (χ2n) is 8.93. The number of fused-ring (bicyclic) bond motifs is 1. The molecule has 1 atom stereocenters. The number of anilines is 2. The second kappa shape index (κ2) is 11.1.